The van der Waals surface area contributed by atoms with E-state index in [4.69, 9.17) is 11.6 Å². The Bertz CT molecular complexity index is 89.7. The second-order valence-corrected chi connectivity index (χ2v) is 1.32. The number of nitrogens with zero attached hydrogens (tertiary/aromatic N) is 1. The molecule has 1 rings (SSSR count). The van der Waals surface area contributed by atoms with E-state index < -0.39 is 0 Å². The number of hydrogen-bond acceptors (Lipinski definition) is 4. The second kappa shape index (κ2) is 1.99. The highest BCUT2D eigenvalue weighted by atomic mass is 35.5. The van der Waals surface area contributed by atoms with Crippen molar-refractivity contribution in [1.29, 1.82) is 0 Å². The minimum atomic E-state index is 0.403. The third-order valence-corrected chi connectivity index (χ3v) is 0.833. The Morgan fingerprint density at radius 2 is 2.57 bits per heavy atom. The van der Waals surface area contributed by atoms with Gasteiger partial charge in [-0.15, -0.1) is 22.2 Å². The second-order valence-electron chi connectivity index (χ2n) is 1.05. The molecule has 7 heavy (non-hydrogen) atoms. The number of halogens is 1. The molecule has 0 fully saturated rings. The zero-order chi connectivity index (χ0) is 5.11. The Morgan fingerprint density at radius 1 is 1.71 bits per heavy atom. The number of nitrogens with one attached hydrogen (secondary N) is 3. The molecule has 0 atom stereocenters. The highest BCUT2D eigenvalue weighted by Crippen LogP contribution is 1.77. The van der Waals surface area contributed by atoms with Crippen LogP contribution >= 0.6 is 11.6 Å². The Labute approximate surface area is 45.9 Å². The average Bonchev–Trinajstić information content (AvgIpc) is 2.14. The third-order valence-electron chi connectivity index (χ3n) is 0.580. The van der Waals surface area contributed by atoms with Gasteiger partial charge in [-0.2, -0.15) is 0 Å². The lowest BCUT2D eigenvalue weighted by molar-refractivity contribution is 0.577. The van der Waals surface area contributed by atoms with E-state index in [0.717, 1.165) is 0 Å². The van der Waals surface area contributed by atoms with Crippen molar-refractivity contribution in [3.05, 3.63) is 0 Å². The highest BCUT2D eigenvalue weighted by Gasteiger charge is 1.98. The number of hydrazone groups is 1. The van der Waals surface area contributed by atoms with Gasteiger partial charge in [0.25, 0.3) is 0 Å². The van der Waals surface area contributed by atoms with E-state index in [1.165, 1.54) is 0 Å². The summed E-state index contributed by atoms with van der Waals surface area (Å²) in [6.45, 7) is 0. The van der Waals surface area contributed by atoms with Crippen molar-refractivity contribution in [2.45, 2.75) is 0 Å². The van der Waals surface area contributed by atoms with Gasteiger partial charge in [0.2, 0.25) is 0 Å². The number of rotatable bonds is 1. The summed E-state index contributed by atoms with van der Waals surface area (Å²) in [5, 5.41) is 3.67. The molecular formula is C2H5ClN4. The molecule has 0 amide bonds. The Balaban J connectivity index is 2.36. The average molecular weight is 121 g/mol. The minimum absolute atomic E-state index is 0.403. The molecule has 4 nitrogen and oxygen atoms in total. The van der Waals surface area contributed by atoms with Crippen molar-refractivity contribution in [2.24, 2.45) is 5.10 Å². The SMILES string of the molecule is ClCC1=NNNN1. The van der Waals surface area contributed by atoms with Crippen LogP contribution in [0.3, 0.4) is 0 Å². The molecule has 1 heterocycles. The molecule has 1 aliphatic heterocycles. The summed E-state index contributed by atoms with van der Waals surface area (Å²) in [6.07, 6.45) is 0. The molecule has 0 aromatic carbocycles. The molecule has 0 aromatic heterocycles. The van der Waals surface area contributed by atoms with E-state index in [1.807, 2.05) is 0 Å². The van der Waals surface area contributed by atoms with E-state index in [9.17, 15) is 0 Å². The highest BCUT2D eigenvalue weighted by molar-refractivity contribution is 6.28. The van der Waals surface area contributed by atoms with Gasteiger partial charge in [0.15, 0.2) is 5.84 Å². The first-order valence-corrected chi connectivity index (χ1v) is 2.35. The predicted octanol–water partition coefficient (Wildman–Crippen LogP) is -0.849. The summed E-state index contributed by atoms with van der Waals surface area (Å²) in [6, 6.07) is 0. The molecule has 0 radical (unpaired) electrons. The molecule has 0 bridgehead atoms. The van der Waals surface area contributed by atoms with Crippen molar-refractivity contribution < 1.29 is 0 Å². The summed E-state index contributed by atoms with van der Waals surface area (Å²) in [4.78, 5) is 0. The molecule has 0 saturated heterocycles. The number of amidine groups is 1. The fourth-order valence-electron chi connectivity index (χ4n) is 0.287. The number of hydrazine groups is 2. The van der Waals surface area contributed by atoms with Crippen LogP contribution in [0.1, 0.15) is 0 Å². The summed E-state index contributed by atoms with van der Waals surface area (Å²) < 4.78 is 0. The van der Waals surface area contributed by atoms with Crippen molar-refractivity contribution in [1.82, 2.24) is 16.5 Å². The molecule has 5 heteroatoms. The van der Waals surface area contributed by atoms with Crippen LogP contribution in [0.5, 0.6) is 0 Å². The van der Waals surface area contributed by atoms with Crippen LogP contribution in [0.4, 0.5) is 0 Å². The van der Waals surface area contributed by atoms with Crippen molar-refractivity contribution in [2.75, 3.05) is 5.88 Å². The standard InChI is InChI=1S/C2H5ClN4/c3-1-2-4-6-7-5-2/h6-7H,1H2,(H,4,5). The lowest BCUT2D eigenvalue weighted by Gasteiger charge is -1.89. The number of alkyl halides is 1. The largest absolute Gasteiger partial charge is 0.288 e. The maximum Gasteiger partial charge on any atom is 0.154 e. The van der Waals surface area contributed by atoms with Gasteiger partial charge >= 0.3 is 0 Å². The van der Waals surface area contributed by atoms with E-state index in [0.29, 0.717) is 11.7 Å². The van der Waals surface area contributed by atoms with Gasteiger partial charge in [-0.1, -0.05) is 0 Å². The third kappa shape index (κ3) is 0.942. The van der Waals surface area contributed by atoms with Gasteiger partial charge in [0, 0.05) is 0 Å². The lowest BCUT2D eigenvalue weighted by Crippen LogP contribution is -2.35. The normalized spacial score (nSPS) is 17.6. The van der Waals surface area contributed by atoms with E-state index in [1.54, 1.807) is 0 Å². The molecule has 3 N–H and O–H groups in total. The van der Waals surface area contributed by atoms with E-state index in [-0.39, 0.29) is 0 Å². The predicted molar refractivity (Wildman–Crippen MR) is 27.6 cm³/mol. The first-order chi connectivity index (χ1) is 3.43. The topological polar surface area (TPSA) is 48.5 Å². The van der Waals surface area contributed by atoms with Gasteiger partial charge in [-0.05, 0) is 0 Å². The molecule has 0 unspecified atom stereocenters. The van der Waals surface area contributed by atoms with Gasteiger partial charge < -0.3 is 0 Å². The Morgan fingerprint density at radius 3 is 2.86 bits per heavy atom. The van der Waals surface area contributed by atoms with Crippen LogP contribution in [0.15, 0.2) is 5.10 Å². The zero-order valence-electron chi connectivity index (χ0n) is 3.53. The molecule has 0 saturated carbocycles. The van der Waals surface area contributed by atoms with E-state index >= 15 is 0 Å². The van der Waals surface area contributed by atoms with Crippen LogP contribution < -0.4 is 16.5 Å². The molecule has 40 valence electrons. The fourth-order valence-corrected chi connectivity index (χ4v) is 0.413. The summed E-state index contributed by atoms with van der Waals surface area (Å²) in [5.41, 5.74) is 7.66. The van der Waals surface area contributed by atoms with Crippen LogP contribution in [0.2, 0.25) is 0 Å². The van der Waals surface area contributed by atoms with Crippen LogP contribution in [-0.2, 0) is 0 Å². The lowest BCUT2D eigenvalue weighted by atomic mass is 10.7. The van der Waals surface area contributed by atoms with E-state index in [2.05, 4.69) is 21.6 Å². The molecule has 0 spiro atoms. The first-order valence-electron chi connectivity index (χ1n) is 1.82. The maximum absolute atomic E-state index is 5.33. The smallest absolute Gasteiger partial charge is 0.154 e. The minimum Gasteiger partial charge on any atom is -0.288 e. The quantitative estimate of drug-likeness (QED) is 0.395. The van der Waals surface area contributed by atoms with Crippen LogP contribution in [0.25, 0.3) is 0 Å². The summed E-state index contributed by atoms with van der Waals surface area (Å²) >= 11 is 5.33. The maximum atomic E-state index is 5.33. The van der Waals surface area contributed by atoms with Crippen molar-refractivity contribution in [3.8, 4) is 0 Å². The van der Waals surface area contributed by atoms with Gasteiger partial charge in [0.05, 0.1) is 5.88 Å². The van der Waals surface area contributed by atoms with Crippen LogP contribution in [-0.4, -0.2) is 11.7 Å². The first kappa shape index (κ1) is 4.67. The van der Waals surface area contributed by atoms with Crippen molar-refractivity contribution >= 4 is 17.4 Å². The summed E-state index contributed by atoms with van der Waals surface area (Å²) in [5.74, 6) is 1.11. The molecular weight excluding hydrogens is 116 g/mol. The van der Waals surface area contributed by atoms with Crippen molar-refractivity contribution in [3.63, 3.8) is 0 Å². The van der Waals surface area contributed by atoms with Gasteiger partial charge in [0.1, 0.15) is 0 Å². The molecule has 0 aliphatic carbocycles. The summed E-state index contributed by atoms with van der Waals surface area (Å²) in [7, 11) is 0. The molecule has 1 aliphatic rings. The number of hydrogen-bond donors (Lipinski definition) is 3. The Kier molecular flexibility index (Phi) is 1.33. The zero-order valence-corrected chi connectivity index (χ0v) is 4.29. The molecule has 0 aromatic rings. The van der Waals surface area contributed by atoms with Gasteiger partial charge in [-0.25, -0.2) is 5.53 Å². The Hall–Kier alpha value is -0.480. The monoisotopic (exact) mass is 120 g/mol. The van der Waals surface area contributed by atoms with Gasteiger partial charge in [-0.3, -0.25) is 5.43 Å². The van der Waals surface area contributed by atoms with Crippen LogP contribution in [0, 0.1) is 0 Å². The fraction of sp³-hybridized carbons (Fsp3) is 0.500.